The first-order chi connectivity index (χ1) is 10.2. The predicted molar refractivity (Wildman–Crippen MR) is 83.0 cm³/mol. The van der Waals surface area contributed by atoms with E-state index in [1.54, 1.807) is 0 Å². The maximum atomic E-state index is 12.7. The zero-order valence-corrected chi connectivity index (χ0v) is 12.1. The number of carbonyl (C=O) groups is 1. The molecule has 0 radical (unpaired) electrons. The van der Waals surface area contributed by atoms with E-state index < -0.39 is 0 Å². The van der Waals surface area contributed by atoms with Gasteiger partial charge in [0.1, 0.15) is 0 Å². The van der Waals surface area contributed by atoms with E-state index in [2.05, 4.69) is 4.98 Å². The van der Waals surface area contributed by atoms with Gasteiger partial charge in [-0.1, -0.05) is 0 Å². The number of carbonyl (C=O) groups excluding carboxylic acids is 1. The van der Waals surface area contributed by atoms with Crippen molar-refractivity contribution in [1.29, 1.82) is 0 Å². The topological polar surface area (TPSA) is 62.1 Å². The number of rotatable bonds is 1. The summed E-state index contributed by atoms with van der Waals surface area (Å²) in [5, 5.41) is 1.10. The van der Waals surface area contributed by atoms with Gasteiger partial charge in [-0.2, -0.15) is 0 Å². The molecule has 1 saturated heterocycles. The van der Waals surface area contributed by atoms with Crippen molar-refractivity contribution in [2.24, 2.45) is 17.6 Å². The van der Waals surface area contributed by atoms with Crippen LogP contribution in [0.5, 0.6) is 0 Å². The van der Waals surface area contributed by atoms with Crippen molar-refractivity contribution in [1.82, 2.24) is 9.88 Å². The Morgan fingerprint density at radius 1 is 1.19 bits per heavy atom. The van der Waals surface area contributed by atoms with Crippen molar-refractivity contribution in [2.45, 2.75) is 25.3 Å². The summed E-state index contributed by atoms with van der Waals surface area (Å²) in [7, 11) is 0. The van der Waals surface area contributed by atoms with E-state index in [0.717, 1.165) is 42.4 Å². The molecule has 110 valence electrons. The Hall–Kier alpha value is -1.81. The van der Waals surface area contributed by atoms with Crippen molar-refractivity contribution in [3.05, 3.63) is 36.0 Å². The van der Waals surface area contributed by atoms with Crippen LogP contribution in [-0.2, 0) is 0 Å². The zero-order chi connectivity index (χ0) is 14.4. The van der Waals surface area contributed by atoms with Crippen molar-refractivity contribution in [3.63, 3.8) is 0 Å². The highest BCUT2D eigenvalue weighted by atomic mass is 16.2. The quantitative estimate of drug-likeness (QED) is 0.844. The van der Waals surface area contributed by atoms with Crippen LogP contribution in [0.1, 0.15) is 29.6 Å². The Bertz CT molecular complexity index is 677. The molecule has 1 aromatic carbocycles. The number of likely N-dealkylation sites (tertiary alicyclic amines) is 1. The molecular weight excluding hydrogens is 262 g/mol. The van der Waals surface area contributed by atoms with Gasteiger partial charge in [-0.15, -0.1) is 0 Å². The van der Waals surface area contributed by atoms with Gasteiger partial charge in [0.05, 0.1) is 0 Å². The maximum Gasteiger partial charge on any atom is 0.253 e. The standard InChI is InChI=1S/C17H21N3O/c18-15-3-1-13-9-20(10-14(13)8-15)17(21)12-2-4-16-11(7-12)5-6-19-16/h2,4-7,13-15,19H,1,3,8-10,18H2/t13-,14+,15?/m1/s1. The molecule has 2 aromatic rings. The lowest BCUT2D eigenvalue weighted by atomic mass is 9.79. The van der Waals surface area contributed by atoms with Gasteiger partial charge in [0.15, 0.2) is 0 Å². The predicted octanol–water partition coefficient (Wildman–Crippen LogP) is 2.37. The fourth-order valence-corrected chi connectivity index (χ4v) is 4.00. The van der Waals surface area contributed by atoms with Crippen molar-refractivity contribution in [3.8, 4) is 0 Å². The molecule has 1 amide bonds. The molecule has 1 saturated carbocycles. The highest BCUT2D eigenvalue weighted by Gasteiger charge is 2.38. The van der Waals surface area contributed by atoms with Crippen LogP contribution >= 0.6 is 0 Å². The van der Waals surface area contributed by atoms with E-state index in [1.807, 2.05) is 35.4 Å². The summed E-state index contributed by atoms with van der Waals surface area (Å²) in [6, 6.07) is 8.24. The largest absolute Gasteiger partial charge is 0.361 e. The number of nitrogens with two attached hydrogens (primary N) is 1. The molecule has 0 bridgehead atoms. The third kappa shape index (κ3) is 2.23. The maximum absolute atomic E-state index is 12.7. The Kier molecular flexibility index (Phi) is 3.00. The Morgan fingerprint density at radius 3 is 2.95 bits per heavy atom. The minimum atomic E-state index is 0.168. The summed E-state index contributed by atoms with van der Waals surface area (Å²) in [6.07, 6.45) is 5.26. The van der Waals surface area contributed by atoms with E-state index >= 15 is 0 Å². The summed E-state index contributed by atoms with van der Waals surface area (Å²) in [5.41, 5.74) is 7.94. The third-order valence-electron chi connectivity index (χ3n) is 5.18. The number of aromatic amines is 1. The van der Waals surface area contributed by atoms with Crippen LogP contribution in [0.4, 0.5) is 0 Å². The average Bonchev–Trinajstić information content (AvgIpc) is 3.11. The van der Waals surface area contributed by atoms with Crippen LogP contribution in [0.2, 0.25) is 0 Å². The minimum Gasteiger partial charge on any atom is -0.361 e. The molecule has 2 heterocycles. The smallest absolute Gasteiger partial charge is 0.253 e. The zero-order valence-electron chi connectivity index (χ0n) is 12.1. The fourth-order valence-electron chi connectivity index (χ4n) is 4.00. The lowest BCUT2D eigenvalue weighted by Crippen LogP contribution is -2.32. The Balaban J connectivity index is 1.55. The van der Waals surface area contributed by atoms with Crippen molar-refractivity contribution >= 4 is 16.8 Å². The Morgan fingerprint density at radius 2 is 2.05 bits per heavy atom. The van der Waals surface area contributed by atoms with E-state index in [9.17, 15) is 4.79 Å². The molecule has 1 aliphatic heterocycles. The molecule has 1 unspecified atom stereocenters. The average molecular weight is 283 g/mol. The SMILES string of the molecule is NC1CC[C@@H]2CN(C(=O)c3ccc4[nH]ccc4c3)C[C@@H]2C1. The van der Waals surface area contributed by atoms with Gasteiger partial charge in [-0.25, -0.2) is 0 Å². The number of hydrogen-bond acceptors (Lipinski definition) is 2. The summed E-state index contributed by atoms with van der Waals surface area (Å²) in [5.74, 6) is 1.43. The second-order valence-electron chi connectivity index (χ2n) is 6.58. The lowest BCUT2D eigenvalue weighted by Gasteiger charge is -2.27. The minimum absolute atomic E-state index is 0.168. The molecule has 1 aliphatic carbocycles. The number of H-pyrrole nitrogens is 1. The number of nitrogens with zero attached hydrogens (tertiary/aromatic N) is 1. The van der Waals surface area contributed by atoms with Crippen molar-refractivity contribution < 1.29 is 4.79 Å². The van der Waals surface area contributed by atoms with E-state index in [4.69, 9.17) is 5.73 Å². The Labute approximate surface area is 124 Å². The molecule has 21 heavy (non-hydrogen) atoms. The molecule has 0 spiro atoms. The second kappa shape index (κ2) is 4.88. The second-order valence-corrected chi connectivity index (χ2v) is 6.58. The third-order valence-corrected chi connectivity index (χ3v) is 5.18. The summed E-state index contributed by atoms with van der Waals surface area (Å²) in [4.78, 5) is 17.9. The summed E-state index contributed by atoms with van der Waals surface area (Å²) >= 11 is 0. The van der Waals surface area contributed by atoms with Crippen LogP contribution in [0.3, 0.4) is 0 Å². The number of aromatic nitrogens is 1. The molecule has 2 aliphatic rings. The molecular formula is C17H21N3O. The van der Waals surface area contributed by atoms with Crippen LogP contribution in [0, 0.1) is 11.8 Å². The van der Waals surface area contributed by atoms with E-state index in [-0.39, 0.29) is 5.91 Å². The molecule has 4 rings (SSSR count). The molecule has 2 fully saturated rings. The lowest BCUT2D eigenvalue weighted by molar-refractivity contribution is 0.0784. The van der Waals surface area contributed by atoms with Crippen LogP contribution in [0.25, 0.3) is 10.9 Å². The first kappa shape index (κ1) is 12.9. The summed E-state index contributed by atoms with van der Waals surface area (Å²) in [6.45, 7) is 1.78. The molecule has 3 N–H and O–H groups in total. The normalized spacial score (nSPS) is 28.8. The van der Waals surface area contributed by atoms with Crippen molar-refractivity contribution in [2.75, 3.05) is 13.1 Å². The van der Waals surface area contributed by atoms with Gasteiger partial charge in [-0.05, 0) is 55.4 Å². The van der Waals surface area contributed by atoms with Gasteiger partial charge in [-0.3, -0.25) is 4.79 Å². The van der Waals surface area contributed by atoms with Crippen LogP contribution in [0.15, 0.2) is 30.5 Å². The van der Waals surface area contributed by atoms with Crippen LogP contribution in [-0.4, -0.2) is 34.9 Å². The molecule has 4 heteroatoms. The molecule has 3 atom stereocenters. The molecule has 4 nitrogen and oxygen atoms in total. The van der Waals surface area contributed by atoms with Gasteiger partial charge < -0.3 is 15.6 Å². The van der Waals surface area contributed by atoms with E-state index in [1.165, 1.54) is 6.42 Å². The monoisotopic (exact) mass is 283 g/mol. The van der Waals surface area contributed by atoms with E-state index in [0.29, 0.717) is 17.9 Å². The first-order valence-electron chi connectivity index (χ1n) is 7.83. The number of fused-ring (bicyclic) bond motifs is 2. The van der Waals surface area contributed by atoms with Crippen LogP contribution < -0.4 is 5.73 Å². The van der Waals surface area contributed by atoms with Gasteiger partial charge in [0.25, 0.3) is 5.91 Å². The summed E-state index contributed by atoms with van der Waals surface area (Å²) < 4.78 is 0. The van der Waals surface area contributed by atoms with Gasteiger partial charge in [0.2, 0.25) is 0 Å². The number of benzene rings is 1. The number of nitrogens with one attached hydrogen (secondary N) is 1. The van der Waals surface area contributed by atoms with Gasteiger partial charge in [0, 0.05) is 41.8 Å². The number of hydrogen-bond donors (Lipinski definition) is 2. The first-order valence-corrected chi connectivity index (χ1v) is 7.83. The highest BCUT2D eigenvalue weighted by Crippen LogP contribution is 2.36. The van der Waals surface area contributed by atoms with Gasteiger partial charge >= 0.3 is 0 Å². The fraction of sp³-hybridized carbons (Fsp3) is 0.471. The number of amides is 1. The molecule has 1 aromatic heterocycles. The highest BCUT2D eigenvalue weighted by molar-refractivity contribution is 5.98.